The zero-order valence-electron chi connectivity index (χ0n) is 11.2. The molecule has 4 nitrogen and oxygen atoms in total. The normalized spacial score (nSPS) is 9.72. The van der Waals surface area contributed by atoms with Crippen molar-refractivity contribution in [3.63, 3.8) is 0 Å². The maximum Gasteiger partial charge on any atom is 0.161 e. The van der Waals surface area contributed by atoms with Gasteiger partial charge in [0.1, 0.15) is 0 Å². The van der Waals surface area contributed by atoms with E-state index in [1.165, 1.54) is 5.56 Å². The zero-order valence-corrected chi connectivity index (χ0v) is 12.0. The molecule has 18 heavy (non-hydrogen) atoms. The molecule has 1 aromatic carbocycles. The largest absolute Gasteiger partial charge is 0.493 e. The fourth-order valence-corrected chi connectivity index (χ4v) is 1.56. The number of nitrogens with one attached hydrogen (secondary N) is 1. The molecule has 0 aliphatic carbocycles. The molecular formula is C13H22ClNO3. The molecular weight excluding hydrogens is 254 g/mol. The lowest BCUT2D eigenvalue weighted by molar-refractivity contribution is 0.194. The summed E-state index contributed by atoms with van der Waals surface area (Å²) in [5.41, 5.74) is 1.18. The maximum absolute atomic E-state index is 5.25. The van der Waals surface area contributed by atoms with Gasteiger partial charge < -0.3 is 19.5 Å². The van der Waals surface area contributed by atoms with Crippen LogP contribution in [-0.4, -0.2) is 34.5 Å². The number of benzene rings is 1. The maximum atomic E-state index is 5.25. The van der Waals surface area contributed by atoms with Gasteiger partial charge in [-0.15, -0.1) is 12.4 Å². The summed E-state index contributed by atoms with van der Waals surface area (Å²) >= 11 is 0. The Morgan fingerprint density at radius 3 is 2.39 bits per heavy atom. The summed E-state index contributed by atoms with van der Waals surface area (Å²) in [6.45, 7) is 2.56. The molecule has 1 N–H and O–H groups in total. The van der Waals surface area contributed by atoms with Crippen LogP contribution >= 0.6 is 12.4 Å². The molecule has 1 rings (SSSR count). The van der Waals surface area contributed by atoms with Gasteiger partial charge in [-0.05, 0) is 30.7 Å². The summed E-state index contributed by atoms with van der Waals surface area (Å²) in [6.07, 6.45) is 1.02. The number of ether oxygens (including phenoxy) is 3. The number of halogens is 1. The van der Waals surface area contributed by atoms with Crippen molar-refractivity contribution in [1.29, 1.82) is 0 Å². The number of methoxy groups -OCH3 is 3. The van der Waals surface area contributed by atoms with Crippen LogP contribution in [0.5, 0.6) is 11.5 Å². The smallest absolute Gasteiger partial charge is 0.161 e. The van der Waals surface area contributed by atoms with Crippen LogP contribution < -0.4 is 14.8 Å². The Morgan fingerprint density at radius 2 is 1.78 bits per heavy atom. The van der Waals surface area contributed by atoms with Crippen LogP contribution in [-0.2, 0) is 11.3 Å². The molecule has 0 radical (unpaired) electrons. The Hall–Kier alpha value is -0.970. The first-order chi connectivity index (χ1) is 8.31. The average molecular weight is 276 g/mol. The molecule has 0 heterocycles. The van der Waals surface area contributed by atoms with E-state index in [2.05, 4.69) is 5.32 Å². The monoisotopic (exact) mass is 275 g/mol. The highest BCUT2D eigenvalue weighted by Crippen LogP contribution is 2.27. The summed E-state index contributed by atoms with van der Waals surface area (Å²) in [6, 6.07) is 5.94. The molecule has 0 bridgehead atoms. The van der Waals surface area contributed by atoms with Gasteiger partial charge in [0, 0.05) is 20.3 Å². The van der Waals surface area contributed by atoms with Crippen molar-refractivity contribution >= 4 is 12.4 Å². The number of rotatable bonds is 8. The van der Waals surface area contributed by atoms with Gasteiger partial charge in [-0.3, -0.25) is 0 Å². The predicted molar refractivity (Wildman–Crippen MR) is 75.0 cm³/mol. The minimum Gasteiger partial charge on any atom is -0.493 e. The fourth-order valence-electron chi connectivity index (χ4n) is 1.56. The second kappa shape index (κ2) is 10.00. The van der Waals surface area contributed by atoms with E-state index in [1.54, 1.807) is 21.3 Å². The third-order valence-electron chi connectivity index (χ3n) is 2.48. The quantitative estimate of drug-likeness (QED) is 0.739. The number of hydrogen-bond acceptors (Lipinski definition) is 4. The Bertz CT molecular complexity index is 334. The minimum atomic E-state index is 0. The Labute approximate surface area is 115 Å². The van der Waals surface area contributed by atoms with Gasteiger partial charge in [-0.2, -0.15) is 0 Å². The second-order valence-corrected chi connectivity index (χ2v) is 3.71. The highest BCUT2D eigenvalue weighted by atomic mass is 35.5. The summed E-state index contributed by atoms with van der Waals surface area (Å²) in [5.74, 6) is 1.53. The van der Waals surface area contributed by atoms with Gasteiger partial charge in [0.15, 0.2) is 11.5 Å². The van der Waals surface area contributed by atoms with Crippen molar-refractivity contribution < 1.29 is 14.2 Å². The van der Waals surface area contributed by atoms with Crippen LogP contribution in [0.1, 0.15) is 12.0 Å². The predicted octanol–water partition coefficient (Wildman–Crippen LogP) is 2.25. The Balaban J connectivity index is 0.00000289. The molecule has 0 aliphatic heterocycles. The molecule has 1 aromatic rings. The molecule has 0 spiro atoms. The van der Waals surface area contributed by atoms with Gasteiger partial charge in [-0.1, -0.05) is 6.07 Å². The average Bonchev–Trinajstić information content (AvgIpc) is 2.38. The molecule has 5 heteroatoms. The third kappa shape index (κ3) is 5.58. The van der Waals surface area contributed by atoms with Crippen molar-refractivity contribution in [1.82, 2.24) is 5.32 Å². The van der Waals surface area contributed by atoms with Crippen LogP contribution in [0.15, 0.2) is 18.2 Å². The summed E-state index contributed by atoms with van der Waals surface area (Å²) in [7, 11) is 5.00. The van der Waals surface area contributed by atoms with Gasteiger partial charge in [0.25, 0.3) is 0 Å². The van der Waals surface area contributed by atoms with Crippen LogP contribution in [0.2, 0.25) is 0 Å². The first-order valence-electron chi connectivity index (χ1n) is 5.72. The molecule has 0 amide bonds. The summed E-state index contributed by atoms with van der Waals surface area (Å²) in [5, 5.41) is 3.35. The van der Waals surface area contributed by atoms with E-state index < -0.39 is 0 Å². The Morgan fingerprint density at radius 1 is 1.06 bits per heavy atom. The van der Waals surface area contributed by atoms with Crippen molar-refractivity contribution in [3.05, 3.63) is 23.8 Å². The van der Waals surface area contributed by atoms with Gasteiger partial charge >= 0.3 is 0 Å². The van der Waals surface area contributed by atoms with Gasteiger partial charge in [0.05, 0.1) is 14.2 Å². The van der Waals surface area contributed by atoms with Crippen LogP contribution in [0, 0.1) is 0 Å². The lowest BCUT2D eigenvalue weighted by atomic mass is 10.2. The molecule has 0 aliphatic rings. The summed E-state index contributed by atoms with van der Waals surface area (Å²) < 4.78 is 15.4. The molecule has 0 unspecified atom stereocenters. The van der Waals surface area contributed by atoms with Crippen molar-refractivity contribution in [2.75, 3.05) is 34.5 Å². The first-order valence-corrected chi connectivity index (χ1v) is 5.72. The molecule has 0 fully saturated rings. The standard InChI is InChI=1S/C13H21NO3.ClH/c1-15-8-4-7-14-10-11-5-6-12(16-2)13(9-11)17-3;/h5-6,9,14H,4,7-8,10H2,1-3H3;1H. The highest BCUT2D eigenvalue weighted by Gasteiger charge is 2.03. The molecule has 0 aromatic heterocycles. The lowest BCUT2D eigenvalue weighted by Gasteiger charge is -2.10. The minimum absolute atomic E-state index is 0. The first kappa shape index (κ1) is 17.0. The van der Waals surface area contributed by atoms with E-state index in [1.807, 2.05) is 18.2 Å². The van der Waals surface area contributed by atoms with E-state index in [9.17, 15) is 0 Å². The van der Waals surface area contributed by atoms with Crippen LogP contribution in [0.3, 0.4) is 0 Å². The van der Waals surface area contributed by atoms with Crippen molar-refractivity contribution in [2.45, 2.75) is 13.0 Å². The van der Waals surface area contributed by atoms with Crippen molar-refractivity contribution in [2.24, 2.45) is 0 Å². The molecule has 0 saturated heterocycles. The van der Waals surface area contributed by atoms with E-state index >= 15 is 0 Å². The van der Waals surface area contributed by atoms with Crippen LogP contribution in [0.4, 0.5) is 0 Å². The van der Waals surface area contributed by atoms with Crippen LogP contribution in [0.25, 0.3) is 0 Å². The Kier molecular flexibility index (Phi) is 9.46. The lowest BCUT2D eigenvalue weighted by Crippen LogP contribution is -2.16. The third-order valence-corrected chi connectivity index (χ3v) is 2.48. The van der Waals surface area contributed by atoms with Gasteiger partial charge in [0.2, 0.25) is 0 Å². The van der Waals surface area contributed by atoms with E-state index in [4.69, 9.17) is 14.2 Å². The van der Waals surface area contributed by atoms with Crippen molar-refractivity contribution in [3.8, 4) is 11.5 Å². The van der Waals surface area contributed by atoms with E-state index in [0.717, 1.165) is 37.6 Å². The molecule has 104 valence electrons. The number of hydrogen-bond donors (Lipinski definition) is 1. The molecule has 0 saturated carbocycles. The van der Waals surface area contributed by atoms with E-state index in [0.29, 0.717) is 0 Å². The second-order valence-electron chi connectivity index (χ2n) is 3.71. The summed E-state index contributed by atoms with van der Waals surface area (Å²) in [4.78, 5) is 0. The molecule has 0 atom stereocenters. The fraction of sp³-hybridized carbons (Fsp3) is 0.538. The SMILES string of the molecule is COCCCNCc1ccc(OC)c(OC)c1.Cl. The zero-order chi connectivity index (χ0) is 12.5. The highest BCUT2D eigenvalue weighted by molar-refractivity contribution is 5.85. The topological polar surface area (TPSA) is 39.7 Å². The van der Waals surface area contributed by atoms with E-state index in [-0.39, 0.29) is 12.4 Å². The van der Waals surface area contributed by atoms with Gasteiger partial charge in [-0.25, -0.2) is 0 Å².